The molecule has 2 aliphatic rings. The van der Waals surface area contributed by atoms with Crippen LogP contribution in [0.4, 0.5) is 0 Å². The summed E-state index contributed by atoms with van der Waals surface area (Å²) >= 11 is 0. The first kappa shape index (κ1) is 14.8. The number of aromatic nitrogens is 2. The number of sulfonamides is 1. The molecule has 4 rings (SSSR count). The predicted molar refractivity (Wildman–Crippen MR) is 83.3 cm³/mol. The van der Waals surface area contributed by atoms with Crippen molar-refractivity contribution < 1.29 is 12.9 Å². The molecule has 1 unspecified atom stereocenters. The molecule has 1 aromatic heterocycles. The van der Waals surface area contributed by atoms with Crippen LogP contribution in [0, 0.1) is 6.92 Å². The molecule has 2 heterocycles. The fourth-order valence-electron chi connectivity index (χ4n) is 3.01. The van der Waals surface area contributed by atoms with Crippen LogP contribution in [-0.2, 0) is 10.0 Å². The summed E-state index contributed by atoms with van der Waals surface area (Å²) in [6.45, 7) is 2.43. The molecule has 1 saturated carbocycles. The number of hydrogen-bond donors (Lipinski definition) is 0. The van der Waals surface area contributed by atoms with Crippen LogP contribution in [0.1, 0.15) is 54.9 Å². The Morgan fingerprint density at radius 1 is 1.17 bits per heavy atom. The Hall–Kier alpha value is -1.73. The smallest absolute Gasteiger partial charge is 0.245 e. The topological polar surface area (TPSA) is 76.3 Å². The number of benzene rings is 1. The van der Waals surface area contributed by atoms with E-state index in [0.29, 0.717) is 23.2 Å². The molecule has 6 nitrogen and oxygen atoms in total. The zero-order valence-electron chi connectivity index (χ0n) is 13.0. The summed E-state index contributed by atoms with van der Waals surface area (Å²) in [4.78, 5) is 4.76. The normalized spacial score (nSPS) is 22.6. The van der Waals surface area contributed by atoms with Crippen LogP contribution in [0.25, 0.3) is 0 Å². The molecule has 1 aliphatic heterocycles. The minimum atomic E-state index is -3.54. The molecule has 1 atom stereocenters. The fraction of sp³-hybridized carbons (Fsp3) is 0.500. The van der Waals surface area contributed by atoms with Crippen LogP contribution >= 0.6 is 0 Å². The number of aryl methyl sites for hydroxylation is 1. The molecule has 0 amide bonds. The lowest BCUT2D eigenvalue weighted by molar-refractivity contribution is 0.289. The second kappa shape index (κ2) is 5.42. The summed E-state index contributed by atoms with van der Waals surface area (Å²) in [5, 5.41) is 4.02. The summed E-state index contributed by atoms with van der Waals surface area (Å²) in [5.74, 6) is 1.55. The lowest BCUT2D eigenvalue weighted by Crippen LogP contribution is -2.30. The molecule has 7 heteroatoms. The molecule has 0 radical (unpaired) electrons. The lowest BCUT2D eigenvalue weighted by Gasteiger charge is -2.21. The average Bonchev–Trinajstić information content (AvgIpc) is 3.07. The van der Waals surface area contributed by atoms with E-state index in [2.05, 4.69) is 10.1 Å². The summed E-state index contributed by atoms with van der Waals surface area (Å²) in [5.41, 5.74) is 1.04. The number of rotatable bonds is 4. The maximum absolute atomic E-state index is 12.9. The van der Waals surface area contributed by atoms with Gasteiger partial charge in [-0.1, -0.05) is 22.9 Å². The predicted octanol–water partition coefficient (Wildman–Crippen LogP) is 2.78. The minimum Gasteiger partial charge on any atom is -0.338 e. The second-order valence-electron chi connectivity index (χ2n) is 6.35. The summed E-state index contributed by atoms with van der Waals surface area (Å²) in [6.07, 6.45) is 3.71. The Balaban J connectivity index is 1.64. The summed E-state index contributed by atoms with van der Waals surface area (Å²) in [6, 6.07) is 6.60. The third-order valence-corrected chi connectivity index (χ3v) is 6.44. The standard InChI is InChI=1S/C16H19N3O3S/c1-11-4-8-13(9-5-11)23(20,21)19-10-2-3-14(19)16-17-15(18-22-16)12-6-7-12/h4-5,8-9,12,14H,2-3,6-7,10H2,1H3. The highest BCUT2D eigenvalue weighted by atomic mass is 32.2. The first-order valence-corrected chi connectivity index (χ1v) is 9.42. The van der Waals surface area contributed by atoms with Gasteiger partial charge in [-0.05, 0) is 44.7 Å². The van der Waals surface area contributed by atoms with Crippen molar-refractivity contribution in [3.05, 3.63) is 41.5 Å². The quantitative estimate of drug-likeness (QED) is 0.860. The van der Waals surface area contributed by atoms with Crippen molar-refractivity contribution in [3.8, 4) is 0 Å². The summed E-state index contributed by atoms with van der Waals surface area (Å²) in [7, 11) is -3.54. The molecule has 1 aliphatic carbocycles. The van der Waals surface area contributed by atoms with Crippen molar-refractivity contribution in [2.24, 2.45) is 0 Å². The molecule has 1 aromatic carbocycles. The highest BCUT2D eigenvalue weighted by Gasteiger charge is 2.40. The van der Waals surface area contributed by atoms with Gasteiger partial charge < -0.3 is 4.52 Å². The highest BCUT2D eigenvalue weighted by molar-refractivity contribution is 7.89. The van der Waals surface area contributed by atoms with Gasteiger partial charge >= 0.3 is 0 Å². The van der Waals surface area contributed by atoms with E-state index in [4.69, 9.17) is 4.52 Å². The van der Waals surface area contributed by atoms with Crippen LogP contribution in [0.5, 0.6) is 0 Å². The third-order valence-electron chi connectivity index (χ3n) is 4.52. The van der Waals surface area contributed by atoms with Gasteiger partial charge in [0.25, 0.3) is 0 Å². The molecule has 1 saturated heterocycles. The van der Waals surface area contributed by atoms with Crippen molar-refractivity contribution in [1.29, 1.82) is 0 Å². The maximum atomic E-state index is 12.9. The van der Waals surface area contributed by atoms with Gasteiger partial charge in [0.15, 0.2) is 5.82 Å². The van der Waals surface area contributed by atoms with E-state index in [1.165, 1.54) is 4.31 Å². The van der Waals surface area contributed by atoms with Crippen LogP contribution in [0.15, 0.2) is 33.7 Å². The third kappa shape index (κ3) is 2.68. The van der Waals surface area contributed by atoms with Crippen molar-refractivity contribution in [2.45, 2.75) is 49.5 Å². The van der Waals surface area contributed by atoms with Crippen molar-refractivity contribution in [1.82, 2.24) is 14.4 Å². The van der Waals surface area contributed by atoms with E-state index in [0.717, 1.165) is 37.1 Å². The molecular formula is C16H19N3O3S. The van der Waals surface area contributed by atoms with Gasteiger partial charge in [-0.15, -0.1) is 0 Å². The maximum Gasteiger partial charge on any atom is 0.245 e. The van der Waals surface area contributed by atoms with E-state index in [1.807, 2.05) is 19.1 Å². The average molecular weight is 333 g/mol. The van der Waals surface area contributed by atoms with Crippen molar-refractivity contribution in [2.75, 3.05) is 6.54 Å². The number of nitrogens with zero attached hydrogens (tertiary/aromatic N) is 3. The molecule has 23 heavy (non-hydrogen) atoms. The van der Waals surface area contributed by atoms with Gasteiger partial charge in [0.2, 0.25) is 15.9 Å². The molecule has 0 N–H and O–H groups in total. The number of hydrogen-bond acceptors (Lipinski definition) is 5. The van der Waals surface area contributed by atoms with E-state index in [1.54, 1.807) is 12.1 Å². The van der Waals surface area contributed by atoms with Gasteiger partial charge in [-0.25, -0.2) is 8.42 Å². The van der Waals surface area contributed by atoms with Gasteiger partial charge in [-0.2, -0.15) is 9.29 Å². The Labute approximate surface area is 135 Å². The van der Waals surface area contributed by atoms with Crippen LogP contribution in [0.2, 0.25) is 0 Å². The van der Waals surface area contributed by atoms with Crippen molar-refractivity contribution in [3.63, 3.8) is 0 Å². The van der Waals surface area contributed by atoms with Gasteiger partial charge in [0.05, 0.1) is 4.90 Å². The van der Waals surface area contributed by atoms with Crippen LogP contribution in [0.3, 0.4) is 0 Å². The highest BCUT2D eigenvalue weighted by Crippen LogP contribution is 2.40. The zero-order valence-corrected chi connectivity index (χ0v) is 13.8. The minimum absolute atomic E-state index is 0.317. The molecule has 2 aromatic rings. The van der Waals surface area contributed by atoms with Gasteiger partial charge in [-0.3, -0.25) is 0 Å². The fourth-order valence-corrected chi connectivity index (χ4v) is 4.66. The molecule has 0 spiro atoms. The van der Waals surface area contributed by atoms with E-state index in [-0.39, 0.29) is 6.04 Å². The summed E-state index contributed by atoms with van der Waals surface area (Å²) < 4.78 is 32.7. The largest absolute Gasteiger partial charge is 0.338 e. The Kier molecular flexibility index (Phi) is 3.50. The van der Waals surface area contributed by atoms with Crippen LogP contribution < -0.4 is 0 Å². The van der Waals surface area contributed by atoms with E-state index < -0.39 is 10.0 Å². The Bertz CT molecular complexity index is 809. The Morgan fingerprint density at radius 3 is 2.61 bits per heavy atom. The molecule has 0 bridgehead atoms. The molecule has 122 valence electrons. The van der Waals surface area contributed by atoms with Crippen molar-refractivity contribution >= 4 is 10.0 Å². The monoisotopic (exact) mass is 333 g/mol. The Morgan fingerprint density at radius 2 is 1.91 bits per heavy atom. The van der Waals surface area contributed by atoms with E-state index in [9.17, 15) is 8.42 Å². The first-order chi connectivity index (χ1) is 11.1. The lowest BCUT2D eigenvalue weighted by atomic mass is 10.2. The van der Waals surface area contributed by atoms with Crippen LogP contribution in [-0.4, -0.2) is 29.4 Å². The molecule has 2 fully saturated rings. The van der Waals surface area contributed by atoms with Gasteiger partial charge in [0.1, 0.15) is 6.04 Å². The SMILES string of the molecule is Cc1ccc(S(=O)(=O)N2CCCC2c2nc(C3CC3)no2)cc1. The zero-order chi connectivity index (χ0) is 16.0. The first-order valence-electron chi connectivity index (χ1n) is 7.98. The second-order valence-corrected chi connectivity index (χ2v) is 8.24. The van der Waals surface area contributed by atoms with Gasteiger partial charge in [0, 0.05) is 12.5 Å². The molecular weight excluding hydrogens is 314 g/mol. The van der Waals surface area contributed by atoms with E-state index >= 15 is 0 Å².